The van der Waals surface area contributed by atoms with Gasteiger partial charge in [-0.3, -0.25) is 0 Å². The van der Waals surface area contributed by atoms with E-state index in [1.807, 2.05) is 0 Å². The van der Waals surface area contributed by atoms with Crippen molar-refractivity contribution in [1.29, 1.82) is 0 Å². The Kier molecular flexibility index (Phi) is 5.58. The smallest absolute Gasteiger partial charge is 0.00965 e. The molecule has 0 fully saturated rings. The van der Waals surface area contributed by atoms with E-state index in [4.69, 9.17) is 0 Å². The van der Waals surface area contributed by atoms with Crippen molar-refractivity contribution >= 4 is 0 Å². The molecule has 15 heavy (non-hydrogen) atoms. The zero-order chi connectivity index (χ0) is 12.1. The molecule has 0 aromatic carbocycles. The maximum atomic E-state index is 3.96. The van der Waals surface area contributed by atoms with Crippen LogP contribution in [-0.4, -0.2) is 12.1 Å². The fourth-order valence-electron chi connectivity index (χ4n) is 1.45. The number of allylic oxidation sites excluding steroid dienone is 1. The molecule has 0 saturated carbocycles. The van der Waals surface area contributed by atoms with Crippen LogP contribution in [0.15, 0.2) is 12.2 Å². The van der Waals surface area contributed by atoms with Crippen LogP contribution in [0.2, 0.25) is 0 Å². The van der Waals surface area contributed by atoms with Gasteiger partial charge in [0.2, 0.25) is 0 Å². The summed E-state index contributed by atoms with van der Waals surface area (Å²) < 4.78 is 0. The van der Waals surface area contributed by atoms with E-state index in [0.717, 1.165) is 13.0 Å². The van der Waals surface area contributed by atoms with Crippen LogP contribution in [0, 0.1) is 5.41 Å². The summed E-state index contributed by atoms with van der Waals surface area (Å²) in [4.78, 5) is 0. The lowest BCUT2D eigenvalue weighted by Crippen LogP contribution is -2.37. The molecule has 0 aliphatic rings. The van der Waals surface area contributed by atoms with Crippen LogP contribution >= 0.6 is 0 Å². The van der Waals surface area contributed by atoms with Gasteiger partial charge < -0.3 is 5.32 Å². The van der Waals surface area contributed by atoms with Gasteiger partial charge in [0.1, 0.15) is 0 Å². The van der Waals surface area contributed by atoms with Crippen molar-refractivity contribution in [3.8, 4) is 0 Å². The predicted octanol–water partition coefficient (Wildman–Crippen LogP) is 4.15. The van der Waals surface area contributed by atoms with Gasteiger partial charge in [0.15, 0.2) is 0 Å². The second-order valence-corrected chi connectivity index (χ2v) is 6.55. The van der Waals surface area contributed by atoms with Crippen LogP contribution in [0.1, 0.15) is 60.8 Å². The Bertz CT molecular complexity index is 196. The van der Waals surface area contributed by atoms with Crippen molar-refractivity contribution in [3.63, 3.8) is 0 Å². The van der Waals surface area contributed by atoms with Gasteiger partial charge in [-0.15, -0.1) is 6.58 Å². The quantitative estimate of drug-likeness (QED) is 0.651. The third-order valence-electron chi connectivity index (χ3n) is 2.69. The number of rotatable bonds is 6. The molecule has 90 valence electrons. The Labute approximate surface area is 96.3 Å². The van der Waals surface area contributed by atoms with Crippen molar-refractivity contribution in [2.24, 2.45) is 5.41 Å². The standard InChI is InChI=1S/C14H29N/c1-12(2)8-9-14(6,7)10-11-15-13(3,4)5/h15H,1,8-11H2,2-7H3. The van der Waals surface area contributed by atoms with Crippen molar-refractivity contribution < 1.29 is 0 Å². The second kappa shape index (κ2) is 5.69. The van der Waals surface area contributed by atoms with Gasteiger partial charge in [0.05, 0.1) is 0 Å². The molecule has 0 amide bonds. The van der Waals surface area contributed by atoms with Gasteiger partial charge in [-0.05, 0) is 58.9 Å². The maximum absolute atomic E-state index is 3.96. The van der Waals surface area contributed by atoms with Crippen molar-refractivity contribution in [3.05, 3.63) is 12.2 Å². The molecule has 0 heterocycles. The van der Waals surface area contributed by atoms with Crippen LogP contribution in [0.25, 0.3) is 0 Å². The van der Waals surface area contributed by atoms with E-state index in [1.54, 1.807) is 0 Å². The summed E-state index contributed by atoms with van der Waals surface area (Å²) in [5.74, 6) is 0. The van der Waals surface area contributed by atoms with Gasteiger partial charge >= 0.3 is 0 Å². The van der Waals surface area contributed by atoms with E-state index in [1.165, 1.54) is 18.4 Å². The van der Waals surface area contributed by atoms with Crippen LogP contribution < -0.4 is 5.32 Å². The average molecular weight is 211 g/mol. The molecule has 0 aliphatic carbocycles. The first-order valence-corrected chi connectivity index (χ1v) is 6.02. The van der Waals surface area contributed by atoms with Crippen molar-refractivity contribution in [2.75, 3.05) is 6.54 Å². The van der Waals surface area contributed by atoms with Gasteiger partial charge in [-0.2, -0.15) is 0 Å². The molecule has 0 atom stereocenters. The largest absolute Gasteiger partial charge is 0.312 e. The Morgan fingerprint density at radius 1 is 1.07 bits per heavy atom. The van der Waals surface area contributed by atoms with E-state index < -0.39 is 0 Å². The molecule has 0 aromatic heterocycles. The highest BCUT2D eigenvalue weighted by molar-refractivity contribution is 4.89. The molecule has 0 bridgehead atoms. The van der Waals surface area contributed by atoms with Crippen LogP contribution in [0.5, 0.6) is 0 Å². The van der Waals surface area contributed by atoms with Crippen molar-refractivity contribution in [1.82, 2.24) is 5.32 Å². The normalized spacial score (nSPS) is 12.9. The fourth-order valence-corrected chi connectivity index (χ4v) is 1.45. The number of hydrogen-bond donors (Lipinski definition) is 1. The first-order chi connectivity index (χ1) is 6.62. The van der Waals surface area contributed by atoms with Gasteiger partial charge in [-0.1, -0.05) is 19.4 Å². The molecule has 1 heteroatoms. The summed E-state index contributed by atoms with van der Waals surface area (Å²) >= 11 is 0. The first kappa shape index (κ1) is 14.7. The zero-order valence-electron chi connectivity index (χ0n) is 11.5. The summed E-state index contributed by atoms with van der Waals surface area (Å²) in [5, 5.41) is 3.54. The second-order valence-electron chi connectivity index (χ2n) is 6.55. The van der Waals surface area contributed by atoms with E-state index >= 15 is 0 Å². The Morgan fingerprint density at radius 2 is 1.60 bits per heavy atom. The minimum Gasteiger partial charge on any atom is -0.312 e. The van der Waals surface area contributed by atoms with Gasteiger partial charge in [0.25, 0.3) is 0 Å². The van der Waals surface area contributed by atoms with Crippen LogP contribution in [-0.2, 0) is 0 Å². The minimum absolute atomic E-state index is 0.241. The van der Waals surface area contributed by atoms with E-state index in [0.29, 0.717) is 5.41 Å². The molecule has 0 aromatic rings. The Balaban J connectivity index is 3.78. The lowest BCUT2D eigenvalue weighted by molar-refractivity contribution is 0.284. The predicted molar refractivity (Wildman–Crippen MR) is 70.2 cm³/mol. The maximum Gasteiger partial charge on any atom is 0.00965 e. The van der Waals surface area contributed by atoms with Crippen LogP contribution in [0.4, 0.5) is 0 Å². The number of hydrogen-bond acceptors (Lipinski definition) is 1. The summed E-state index contributed by atoms with van der Waals surface area (Å²) in [7, 11) is 0. The molecule has 1 nitrogen and oxygen atoms in total. The Hall–Kier alpha value is -0.300. The number of nitrogens with one attached hydrogen (secondary N) is 1. The highest BCUT2D eigenvalue weighted by Gasteiger charge is 2.18. The van der Waals surface area contributed by atoms with Crippen LogP contribution in [0.3, 0.4) is 0 Å². The molecule has 0 rings (SSSR count). The summed E-state index contributed by atoms with van der Waals surface area (Å²) in [6.45, 7) is 18.5. The van der Waals surface area contributed by atoms with E-state index in [2.05, 4.69) is 53.4 Å². The van der Waals surface area contributed by atoms with Gasteiger partial charge in [0, 0.05) is 5.54 Å². The fraction of sp³-hybridized carbons (Fsp3) is 0.857. The van der Waals surface area contributed by atoms with E-state index in [-0.39, 0.29) is 5.54 Å². The molecule has 1 N–H and O–H groups in total. The Morgan fingerprint density at radius 3 is 2.00 bits per heavy atom. The first-order valence-electron chi connectivity index (χ1n) is 6.02. The molecular weight excluding hydrogens is 182 g/mol. The molecule has 0 aliphatic heterocycles. The van der Waals surface area contributed by atoms with Gasteiger partial charge in [-0.25, -0.2) is 0 Å². The molecular formula is C14H29N. The molecule has 0 radical (unpaired) electrons. The average Bonchev–Trinajstić information content (AvgIpc) is 1.98. The molecule has 0 spiro atoms. The lowest BCUT2D eigenvalue weighted by atomic mass is 9.83. The molecule has 0 unspecified atom stereocenters. The lowest BCUT2D eigenvalue weighted by Gasteiger charge is -2.28. The summed E-state index contributed by atoms with van der Waals surface area (Å²) in [6, 6.07) is 0. The minimum atomic E-state index is 0.241. The SMILES string of the molecule is C=C(C)CCC(C)(C)CCNC(C)(C)C. The highest BCUT2D eigenvalue weighted by Crippen LogP contribution is 2.27. The highest BCUT2D eigenvalue weighted by atomic mass is 14.9. The third kappa shape index (κ3) is 9.99. The summed E-state index contributed by atoms with van der Waals surface area (Å²) in [6.07, 6.45) is 3.63. The van der Waals surface area contributed by atoms with E-state index in [9.17, 15) is 0 Å². The van der Waals surface area contributed by atoms with Crippen molar-refractivity contribution in [2.45, 2.75) is 66.3 Å². The summed E-state index contributed by atoms with van der Waals surface area (Å²) in [5.41, 5.74) is 1.97. The monoisotopic (exact) mass is 211 g/mol. The zero-order valence-corrected chi connectivity index (χ0v) is 11.5. The topological polar surface area (TPSA) is 12.0 Å². The third-order valence-corrected chi connectivity index (χ3v) is 2.69. The molecule has 0 saturated heterocycles.